The minimum absolute atomic E-state index is 0.0561. The Bertz CT molecular complexity index is 284. The Hall–Kier alpha value is -0.530. The van der Waals surface area contributed by atoms with Crippen molar-refractivity contribution in [3.8, 4) is 0 Å². The third-order valence-electron chi connectivity index (χ3n) is 5.17. The van der Waals surface area contributed by atoms with E-state index in [4.69, 9.17) is 4.74 Å². The van der Waals surface area contributed by atoms with Crippen LogP contribution in [0.4, 0.5) is 0 Å². The summed E-state index contributed by atoms with van der Waals surface area (Å²) < 4.78 is 5.38. The molecule has 0 aromatic rings. The second-order valence-electron chi connectivity index (χ2n) is 6.08. The number of hydrogen-bond acceptors (Lipinski definition) is 2. The topological polar surface area (TPSA) is 26.3 Å². The van der Waals surface area contributed by atoms with Crippen molar-refractivity contribution in [1.29, 1.82) is 0 Å². The predicted octanol–water partition coefficient (Wildman–Crippen LogP) is 3.26. The lowest BCUT2D eigenvalue weighted by Gasteiger charge is -2.38. The highest BCUT2D eigenvalue weighted by molar-refractivity contribution is 5.77. The first kappa shape index (κ1) is 11.9. The Morgan fingerprint density at radius 3 is 2.56 bits per heavy atom. The first-order valence-corrected chi connectivity index (χ1v) is 6.68. The van der Waals surface area contributed by atoms with Gasteiger partial charge < -0.3 is 4.74 Å². The maximum absolute atomic E-state index is 12.1. The van der Waals surface area contributed by atoms with Gasteiger partial charge in [-0.15, -0.1) is 0 Å². The van der Waals surface area contributed by atoms with Crippen LogP contribution in [0, 0.1) is 29.1 Å². The summed E-state index contributed by atoms with van der Waals surface area (Å²) in [5, 5.41) is 0. The van der Waals surface area contributed by atoms with Gasteiger partial charge in [0, 0.05) is 0 Å². The average molecular weight is 224 g/mol. The smallest absolute Gasteiger partial charge is 0.312 e. The van der Waals surface area contributed by atoms with Gasteiger partial charge in [0.2, 0.25) is 0 Å². The van der Waals surface area contributed by atoms with E-state index < -0.39 is 0 Å². The summed E-state index contributed by atoms with van der Waals surface area (Å²) in [6.07, 6.45) is 3.20. The van der Waals surface area contributed by atoms with Crippen LogP contribution in [0.2, 0.25) is 0 Å². The largest absolute Gasteiger partial charge is 0.465 e. The number of esters is 1. The molecule has 0 spiro atoms. The molecule has 2 saturated carbocycles. The van der Waals surface area contributed by atoms with Crippen LogP contribution in [0.25, 0.3) is 0 Å². The van der Waals surface area contributed by atoms with Crippen molar-refractivity contribution in [2.75, 3.05) is 6.61 Å². The van der Waals surface area contributed by atoms with E-state index in [-0.39, 0.29) is 11.4 Å². The average Bonchev–Trinajstić information content (AvgIpc) is 2.74. The minimum Gasteiger partial charge on any atom is -0.465 e. The molecule has 2 bridgehead atoms. The summed E-state index contributed by atoms with van der Waals surface area (Å²) in [5.41, 5.74) is -0.189. The van der Waals surface area contributed by atoms with E-state index in [1.54, 1.807) is 0 Å². The molecule has 0 aliphatic heterocycles. The Morgan fingerprint density at radius 2 is 2.06 bits per heavy atom. The summed E-state index contributed by atoms with van der Waals surface area (Å²) in [6.45, 7) is 9.39. The second kappa shape index (κ2) is 4.05. The molecule has 16 heavy (non-hydrogen) atoms. The van der Waals surface area contributed by atoms with Gasteiger partial charge in [-0.25, -0.2) is 0 Å². The molecule has 2 aliphatic carbocycles. The minimum atomic E-state index is -0.189. The van der Waals surface area contributed by atoms with Crippen molar-refractivity contribution in [1.82, 2.24) is 0 Å². The molecule has 2 nitrogen and oxygen atoms in total. The Balaban J connectivity index is 2.08. The molecule has 0 saturated heterocycles. The zero-order valence-electron chi connectivity index (χ0n) is 11.0. The Morgan fingerprint density at radius 1 is 1.38 bits per heavy atom. The molecule has 92 valence electrons. The van der Waals surface area contributed by atoms with Crippen LogP contribution in [-0.2, 0) is 9.53 Å². The molecule has 2 heteroatoms. The molecule has 5 unspecified atom stereocenters. The second-order valence-corrected chi connectivity index (χ2v) is 6.08. The highest BCUT2D eigenvalue weighted by Crippen LogP contribution is 2.61. The SMILES string of the molecule is CCCOC(=O)C1(C)CC2CC1C(C)C2C. The summed E-state index contributed by atoms with van der Waals surface area (Å²) in [5.74, 6) is 2.83. The standard InChI is InChI=1S/C14H24O2/c1-5-6-16-13(15)14(4)8-11-7-12(14)10(3)9(11)2/h9-12H,5-8H2,1-4H3. The fraction of sp³-hybridized carbons (Fsp3) is 0.929. The molecule has 0 amide bonds. The molecule has 0 N–H and O–H groups in total. The Kier molecular flexibility index (Phi) is 3.02. The van der Waals surface area contributed by atoms with Crippen molar-refractivity contribution in [2.24, 2.45) is 29.1 Å². The summed E-state index contributed by atoms with van der Waals surface area (Å²) in [7, 11) is 0. The van der Waals surface area contributed by atoms with Gasteiger partial charge in [-0.1, -0.05) is 20.8 Å². The molecular weight excluding hydrogens is 200 g/mol. The van der Waals surface area contributed by atoms with Crippen molar-refractivity contribution in [3.05, 3.63) is 0 Å². The number of carbonyl (C=O) groups excluding carboxylic acids is 1. The maximum Gasteiger partial charge on any atom is 0.312 e. The van der Waals surface area contributed by atoms with E-state index in [1.807, 2.05) is 6.92 Å². The van der Waals surface area contributed by atoms with E-state index in [1.165, 1.54) is 6.42 Å². The molecule has 2 fully saturated rings. The van der Waals surface area contributed by atoms with Gasteiger partial charge in [-0.05, 0) is 49.9 Å². The lowest BCUT2D eigenvalue weighted by molar-refractivity contribution is -0.160. The zero-order valence-corrected chi connectivity index (χ0v) is 11.0. The fourth-order valence-corrected chi connectivity index (χ4v) is 3.95. The lowest BCUT2D eigenvalue weighted by atomic mass is 9.67. The van der Waals surface area contributed by atoms with E-state index in [0.29, 0.717) is 18.4 Å². The number of fused-ring (bicyclic) bond motifs is 2. The van der Waals surface area contributed by atoms with Gasteiger partial charge in [0.15, 0.2) is 0 Å². The zero-order chi connectivity index (χ0) is 11.9. The third-order valence-corrected chi connectivity index (χ3v) is 5.17. The Labute approximate surface area is 98.7 Å². The van der Waals surface area contributed by atoms with Crippen molar-refractivity contribution in [3.63, 3.8) is 0 Å². The van der Waals surface area contributed by atoms with Gasteiger partial charge >= 0.3 is 5.97 Å². The maximum atomic E-state index is 12.1. The van der Waals surface area contributed by atoms with Crippen LogP contribution >= 0.6 is 0 Å². The lowest BCUT2D eigenvalue weighted by Crippen LogP contribution is -2.40. The molecule has 0 aromatic carbocycles. The molecule has 2 aliphatic rings. The molecule has 0 heterocycles. The van der Waals surface area contributed by atoms with Gasteiger partial charge in [-0.3, -0.25) is 4.79 Å². The molecule has 5 atom stereocenters. The van der Waals surface area contributed by atoms with E-state index >= 15 is 0 Å². The molecule has 0 radical (unpaired) electrons. The van der Waals surface area contributed by atoms with Crippen LogP contribution in [-0.4, -0.2) is 12.6 Å². The number of ether oxygens (including phenoxy) is 1. The van der Waals surface area contributed by atoms with E-state index in [0.717, 1.165) is 24.7 Å². The quantitative estimate of drug-likeness (QED) is 0.688. The predicted molar refractivity (Wildman–Crippen MR) is 63.9 cm³/mol. The van der Waals surface area contributed by atoms with Gasteiger partial charge in [-0.2, -0.15) is 0 Å². The van der Waals surface area contributed by atoms with Crippen molar-refractivity contribution < 1.29 is 9.53 Å². The van der Waals surface area contributed by atoms with Crippen LogP contribution in [0.5, 0.6) is 0 Å². The van der Waals surface area contributed by atoms with Crippen molar-refractivity contribution >= 4 is 5.97 Å². The third kappa shape index (κ3) is 1.57. The normalized spacial score (nSPS) is 46.0. The summed E-state index contributed by atoms with van der Waals surface area (Å²) >= 11 is 0. The van der Waals surface area contributed by atoms with Crippen LogP contribution < -0.4 is 0 Å². The van der Waals surface area contributed by atoms with Crippen LogP contribution in [0.1, 0.15) is 47.0 Å². The van der Waals surface area contributed by atoms with Crippen LogP contribution in [0.15, 0.2) is 0 Å². The number of carbonyl (C=O) groups is 1. The van der Waals surface area contributed by atoms with Crippen LogP contribution in [0.3, 0.4) is 0 Å². The van der Waals surface area contributed by atoms with Gasteiger partial charge in [0.05, 0.1) is 12.0 Å². The van der Waals surface area contributed by atoms with E-state index in [2.05, 4.69) is 20.8 Å². The molecule has 2 rings (SSSR count). The monoisotopic (exact) mass is 224 g/mol. The first-order valence-electron chi connectivity index (χ1n) is 6.68. The molecular formula is C14H24O2. The van der Waals surface area contributed by atoms with Gasteiger partial charge in [0.1, 0.15) is 0 Å². The number of rotatable bonds is 3. The summed E-state index contributed by atoms with van der Waals surface area (Å²) in [4.78, 5) is 12.1. The van der Waals surface area contributed by atoms with Crippen molar-refractivity contribution in [2.45, 2.75) is 47.0 Å². The fourth-order valence-electron chi connectivity index (χ4n) is 3.95. The van der Waals surface area contributed by atoms with E-state index in [9.17, 15) is 4.79 Å². The van der Waals surface area contributed by atoms with Gasteiger partial charge in [0.25, 0.3) is 0 Å². The number of hydrogen-bond donors (Lipinski definition) is 0. The first-order chi connectivity index (χ1) is 7.50. The highest BCUT2D eigenvalue weighted by atomic mass is 16.5. The summed E-state index contributed by atoms with van der Waals surface area (Å²) in [6, 6.07) is 0. The highest BCUT2D eigenvalue weighted by Gasteiger charge is 2.59. The molecule has 0 aromatic heterocycles.